The topological polar surface area (TPSA) is 87.7 Å². The number of allylic oxidation sites excluding steroid dienone is 1. The number of H-pyrrole nitrogens is 1. The summed E-state index contributed by atoms with van der Waals surface area (Å²) in [6.07, 6.45) is 0. The molecule has 3 aromatic rings. The van der Waals surface area contributed by atoms with Crippen molar-refractivity contribution in [3.63, 3.8) is 0 Å². The van der Waals surface area contributed by atoms with E-state index in [-0.39, 0.29) is 11.8 Å². The van der Waals surface area contributed by atoms with Gasteiger partial charge in [0.25, 0.3) is 0 Å². The number of rotatable bonds is 2. The third kappa shape index (κ3) is 2.26. The minimum absolute atomic E-state index is 0.0747. The van der Waals surface area contributed by atoms with Crippen molar-refractivity contribution >= 4 is 22.9 Å². The molecule has 0 fully saturated rings. The summed E-state index contributed by atoms with van der Waals surface area (Å²) in [5.41, 5.74) is 8.86. The minimum Gasteiger partial charge on any atom is -0.420 e. The molecule has 0 spiro atoms. The average molecular weight is 355 g/mol. The van der Waals surface area contributed by atoms with Crippen molar-refractivity contribution in [1.29, 1.82) is 5.26 Å². The third-order valence-corrected chi connectivity index (χ3v) is 5.18. The zero-order valence-corrected chi connectivity index (χ0v) is 13.9. The van der Waals surface area contributed by atoms with Gasteiger partial charge in [-0.25, -0.2) is 0 Å². The van der Waals surface area contributed by atoms with E-state index in [1.54, 1.807) is 0 Å². The molecule has 1 aromatic carbocycles. The molecule has 0 amide bonds. The van der Waals surface area contributed by atoms with Crippen LogP contribution in [0.1, 0.15) is 16.4 Å². The smallest absolute Gasteiger partial charge is 0.244 e. The number of hydrogen-bond acceptors (Lipinski definition) is 5. The van der Waals surface area contributed by atoms with Crippen LogP contribution in [0.4, 0.5) is 0 Å². The molecule has 0 saturated heterocycles. The van der Waals surface area contributed by atoms with Gasteiger partial charge in [-0.05, 0) is 17.7 Å². The molecule has 7 heteroatoms. The van der Waals surface area contributed by atoms with Crippen LogP contribution in [0.2, 0.25) is 4.34 Å². The molecule has 1 unspecified atom stereocenters. The van der Waals surface area contributed by atoms with E-state index in [4.69, 9.17) is 22.1 Å². The van der Waals surface area contributed by atoms with Gasteiger partial charge in [-0.15, -0.1) is 16.4 Å². The van der Waals surface area contributed by atoms with Gasteiger partial charge < -0.3 is 10.5 Å². The van der Waals surface area contributed by atoms with Crippen LogP contribution >= 0.6 is 22.9 Å². The van der Waals surface area contributed by atoms with Crippen molar-refractivity contribution in [1.82, 2.24) is 10.2 Å². The van der Waals surface area contributed by atoms with Gasteiger partial charge in [0, 0.05) is 4.88 Å². The van der Waals surface area contributed by atoms with Gasteiger partial charge in [0.1, 0.15) is 11.6 Å². The molecule has 0 radical (unpaired) electrons. The molecule has 1 aliphatic heterocycles. The molecular formula is C17H11ClN4OS. The number of thiophene rings is 1. The summed E-state index contributed by atoms with van der Waals surface area (Å²) in [5.74, 6) is 0.107. The molecule has 3 heterocycles. The number of nitrogens with zero attached hydrogens (tertiary/aromatic N) is 2. The van der Waals surface area contributed by atoms with Crippen LogP contribution in [0, 0.1) is 11.3 Å². The SMILES string of the molecule is N#CC1=C(N)Oc2n[nH]c(-c3ccccc3)c2C1c1ccc(Cl)s1. The van der Waals surface area contributed by atoms with E-state index in [2.05, 4.69) is 16.3 Å². The highest BCUT2D eigenvalue weighted by Gasteiger charge is 2.36. The van der Waals surface area contributed by atoms with Crippen molar-refractivity contribution < 1.29 is 4.74 Å². The van der Waals surface area contributed by atoms with Crippen LogP contribution in [-0.2, 0) is 0 Å². The maximum absolute atomic E-state index is 9.60. The number of benzene rings is 1. The van der Waals surface area contributed by atoms with Gasteiger partial charge in [-0.3, -0.25) is 5.10 Å². The van der Waals surface area contributed by atoms with Crippen molar-refractivity contribution in [2.45, 2.75) is 5.92 Å². The predicted octanol–water partition coefficient (Wildman–Crippen LogP) is 4.01. The highest BCUT2D eigenvalue weighted by Crippen LogP contribution is 2.47. The minimum atomic E-state index is -0.356. The van der Waals surface area contributed by atoms with Crippen LogP contribution in [0.25, 0.3) is 11.3 Å². The Bertz CT molecular complexity index is 984. The maximum Gasteiger partial charge on any atom is 0.244 e. The number of aromatic nitrogens is 2. The second kappa shape index (κ2) is 5.71. The van der Waals surface area contributed by atoms with E-state index in [1.165, 1.54) is 11.3 Å². The molecule has 118 valence electrons. The summed E-state index contributed by atoms with van der Waals surface area (Å²) >= 11 is 7.51. The highest BCUT2D eigenvalue weighted by molar-refractivity contribution is 7.16. The Balaban J connectivity index is 1.96. The van der Waals surface area contributed by atoms with Crippen LogP contribution in [0.3, 0.4) is 0 Å². The summed E-state index contributed by atoms with van der Waals surface area (Å²) in [6.45, 7) is 0. The Morgan fingerprint density at radius 1 is 1.25 bits per heavy atom. The second-order valence-electron chi connectivity index (χ2n) is 5.25. The van der Waals surface area contributed by atoms with Gasteiger partial charge >= 0.3 is 0 Å². The van der Waals surface area contributed by atoms with E-state index < -0.39 is 0 Å². The van der Waals surface area contributed by atoms with Crippen LogP contribution in [-0.4, -0.2) is 10.2 Å². The van der Waals surface area contributed by atoms with E-state index in [0.29, 0.717) is 15.8 Å². The Hall–Kier alpha value is -2.75. The predicted molar refractivity (Wildman–Crippen MR) is 92.7 cm³/mol. The number of nitriles is 1. The van der Waals surface area contributed by atoms with Crippen LogP contribution in [0.5, 0.6) is 5.88 Å². The fourth-order valence-electron chi connectivity index (χ4n) is 2.84. The number of nitrogens with one attached hydrogen (secondary N) is 1. The Morgan fingerprint density at radius 2 is 2.04 bits per heavy atom. The molecular weight excluding hydrogens is 344 g/mol. The quantitative estimate of drug-likeness (QED) is 0.727. The fourth-order valence-corrected chi connectivity index (χ4v) is 4.02. The maximum atomic E-state index is 9.60. The van der Waals surface area contributed by atoms with Gasteiger partial charge in [-0.1, -0.05) is 41.9 Å². The summed E-state index contributed by atoms with van der Waals surface area (Å²) < 4.78 is 6.21. The molecule has 24 heavy (non-hydrogen) atoms. The molecule has 2 aromatic heterocycles. The van der Waals surface area contributed by atoms with Crippen LogP contribution < -0.4 is 10.5 Å². The lowest BCUT2D eigenvalue weighted by Crippen LogP contribution is -2.20. The Morgan fingerprint density at radius 3 is 2.71 bits per heavy atom. The summed E-state index contributed by atoms with van der Waals surface area (Å²) in [7, 11) is 0. The first-order valence-corrected chi connectivity index (χ1v) is 8.35. The van der Waals surface area contributed by atoms with Crippen molar-refractivity contribution in [2.24, 2.45) is 5.73 Å². The van der Waals surface area contributed by atoms with E-state index >= 15 is 0 Å². The number of halogens is 1. The van der Waals surface area contributed by atoms with E-state index in [9.17, 15) is 5.26 Å². The second-order valence-corrected chi connectivity index (χ2v) is 7.00. The Kier molecular flexibility index (Phi) is 3.53. The van der Waals surface area contributed by atoms with Crippen molar-refractivity contribution in [3.8, 4) is 23.2 Å². The Labute approximate surface area is 146 Å². The number of hydrogen-bond donors (Lipinski definition) is 2. The zero-order chi connectivity index (χ0) is 16.7. The first kappa shape index (κ1) is 14.8. The molecule has 3 N–H and O–H groups in total. The van der Waals surface area contributed by atoms with E-state index in [1.807, 2.05) is 42.5 Å². The van der Waals surface area contributed by atoms with Crippen molar-refractivity contribution in [3.05, 3.63) is 68.7 Å². The van der Waals surface area contributed by atoms with E-state index in [0.717, 1.165) is 21.7 Å². The van der Waals surface area contributed by atoms with Gasteiger partial charge in [0.2, 0.25) is 11.8 Å². The number of ether oxygens (including phenoxy) is 1. The number of fused-ring (bicyclic) bond motifs is 1. The summed E-state index contributed by atoms with van der Waals surface area (Å²) in [5, 5.41) is 16.8. The molecule has 5 nitrogen and oxygen atoms in total. The van der Waals surface area contributed by atoms with Gasteiger partial charge in [0.15, 0.2) is 0 Å². The molecule has 0 saturated carbocycles. The average Bonchev–Trinajstić information content (AvgIpc) is 3.20. The summed E-state index contributed by atoms with van der Waals surface area (Å²) in [4.78, 5) is 0.919. The molecule has 1 aliphatic rings. The first-order valence-electron chi connectivity index (χ1n) is 7.15. The molecule has 1 atom stereocenters. The fraction of sp³-hybridized carbons (Fsp3) is 0.0588. The largest absolute Gasteiger partial charge is 0.420 e. The van der Waals surface area contributed by atoms with Gasteiger partial charge in [-0.2, -0.15) is 5.26 Å². The highest BCUT2D eigenvalue weighted by atomic mass is 35.5. The van der Waals surface area contributed by atoms with Crippen LogP contribution in [0.15, 0.2) is 53.9 Å². The number of aromatic amines is 1. The zero-order valence-electron chi connectivity index (χ0n) is 12.3. The van der Waals surface area contributed by atoms with Gasteiger partial charge in [0.05, 0.1) is 21.5 Å². The molecule has 0 bridgehead atoms. The first-order chi connectivity index (χ1) is 11.7. The third-order valence-electron chi connectivity index (χ3n) is 3.88. The van der Waals surface area contributed by atoms with Crippen molar-refractivity contribution in [2.75, 3.05) is 0 Å². The molecule has 4 rings (SSSR count). The standard InChI is InChI=1S/C17H11ClN4OS/c18-12-7-6-11(24-12)13-10(8-19)16(20)23-17-14(13)15(21-22-17)9-4-2-1-3-5-9/h1-7,13H,20H2,(H,21,22). The lowest BCUT2D eigenvalue weighted by molar-refractivity contribution is 0.379. The normalized spacial score (nSPS) is 16.4. The summed E-state index contributed by atoms with van der Waals surface area (Å²) in [6, 6.07) is 15.7. The lowest BCUT2D eigenvalue weighted by Gasteiger charge is -2.22. The monoisotopic (exact) mass is 354 g/mol. The molecule has 0 aliphatic carbocycles. The number of nitrogens with two attached hydrogens (primary N) is 1. The lowest BCUT2D eigenvalue weighted by atomic mass is 9.87.